The van der Waals surface area contributed by atoms with Gasteiger partial charge in [-0.25, -0.2) is 4.39 Å². The Kier molecular flexibility index (Phi) is 6.40. The van der Waals surface area contributed by atoms with Gasteiger partial charge in [0.15, 0.2) is 22.9 Å². The molecule has 33 heavy (non-hydrogen) atoms. The lowest BCUT2D eigenvalue weighted by Crippen LogP contribution is -2.49. The standard InChI is InChI=1S/C19H18F5N5O4/c1-32-15-12(4-3-10(20)14(15)21)29-8-18(33-2,19(22,23)24)6-13(29)17(31)27-9-5-11(16(25)30)28-26-7-9/h3-5,7,13H,6,8H2,1-2H3,(H2,25,30)(H,27,28,31)/t13-,18+/m0/s1. The van der Waals surface area contributed by atoms with Gasteiger partial charge in [-0.1, -0.05) is 0 Å². The summed E-state index contributed by atoms with van der Waals surface area (Å²) in [5.74, 6) is -5.30. The quantitative estimate of drug-likeness (QED) is 0.614. The van der Waals surface area contributed by atoms with Gasteiger partial charge in [-0.3, -0.25) is 9.59 Å². The fraction of sp³-hybridized carbons (Fsp3) is 0.368. The van der Waals surface area contributed by atoms with Gasteiger partial charge in [0.2, 0.25) is 11.7 Å². The first-order valence-corrected chi connectivity index (χ1v) is 9.28. The number of carbonyl (C=O) groups is 2. The van der Waals surface area contributed by atoms with Gasteiger partial charge in [0.25, 0.3) is 5.91 Å². The number of amides is 2. The Hall–Kier alpha value is -3.55. The van der Waals surface area contributed by atoms with E-state index in [-0.39, 0.29) is 17.1 Å². The normalized spacial score (nSPS) is 20.6. The topological polar surface area (TPSA) is 120 Å². The highest BCUT2D eigenvalue weighted by molar-refractivity contribution is 5.99. The van der Waals surface area contributed by atoms with Crippen molar-refractivity contribution in [3.05, 3.63) is 41.7 Å². The summed E-state index contributed by atoms with van der Waals surface area (Å²) in [6, 6.07) is 1.22. The number of nitrogens with zero attached hydrogens (tertiary/aromatic N) is 3. The number of hydrogen-bond acceptors (Lipinski definition) is 7. The Morgan fingerprint density at radius 3 is 2.55 bits per heavy atom. The Morgan fingerprint density at radius 1 is 1.27 bits per heavy atom. The van der Waals surface area contributed by atoms with Crippen LogP contribution in [0.5, 0.6) is 5.75 Å². The average Bonchev–Trinajstić information content (AvgIpc) is 3.17. The number of methoxy groups -OCH3 is 2. The molecule has 0 radical (unpaired) electrons. The maximum absolute atomic E-state index is 14.3. The minimum atomic E-state index is -4.90. The second-order valence-electron chi connectivity index (χ2n) is 7.14. The van der Waals surface area contributed by atoms with E-state index in [1.54, 1.807) is 0 Å². The van der Waals surface area contributed by atoms with Crippen molar-refractivity contribution >= 4 is 23.2 Å². The number of primary amides is 1. The summed E-state index contributed by atoms with van der Waals surface area (Å²) in [4.78, 5) is 25.2. The van der Waals surface area contributed by atoms with Crippen LogP contribution in [-0.2, 0) is 9.53 Å². The van der Waals surface area contributed by atoms with Gasteiger partial charge in [0.05, 0.1) is 31.2 Å². The predicted octanol–water partition coefficient (Wildman–Crippen LogP) is 2.03. The summed E-state index contributed by atoms with van der Waals surface area (Å²) < 4.78 is 79.4. The molecule has 2 aromatic rings. The first-order valence-electron chi connectivity index (χ1n) is 9.28. The van der Waals surface area contributed by atoms with E-state index in [1.807, 2.05) is 0 Å². The molecule has 9 nitrogen and oxygen atoms in total. The molecule has 1 aromatic carbocycles. The lowest BCUT2D eigenvalue weighted by molar-refractivity contribution is -0.261. The van der Waals surface area contributed by atoms with Crippen LogP contribution >= 0.6 is 0 Å². The van der Waals surface area contributed by atoms with Crippen LogP contribution in [0.15, 0.2) is 24.4 Å². The zero-order chi connectivity index (χ0) is 24.6. The number of aromatic nitrogens is 2. The molecule has 0 bridgehead atoms. The van der Waals surface area contributed by atoms with Crippen molar-refractivity contribution in [3.8, 4) is 5.75 Å². The molecule has 14 heteroatoms. The third kappa shape index (κ3) is 4.37. The molecule has 3 N–H and O–H groups in total. The molecule has 178 valence electrons. The van der Waals surface area contributed by atoms with Crippen LogP contribution in [0.3, 0.4) is 0 Å². The zero-order valence-corrected chi connectivity index (χ0v) is 17.2. The van der Waals surface area contributed by atoms with E-state index < -0.39 is 60.0 Å². The maximum Gasteiger partial charge on any atom is 0.419 e. The molecule has 1 aromatic heterocycles. The SMILES string of the molecule is COc1c(N2C[C@@](OC)(C(F)(F)F)C[C@H]2C(=O)Nc2cnnc(C(N)=O)c2)ccc(F)c1F. The molecule has 3 rings (SSSR count). The second kappa shape index (κ2) is 8.77. The Bertz CT molecular complexity index is 1080. The number of anilines is 2. The van der Waals surface area contributed by atoms with Crippen molar-refractivity contribution < 1.29 is 41.0 Å². The average molecular weight is 475 g/mol. The van der Waals surface area contributed by atoms with Gasteiger partial charge in [0, 0.05) is 13.5 Å². The maximum atomic E-state index is 14.3. The largest absolute Gasteiger partial charge is 0.491 e. The van der Waals surface area contributed by atoms with Gasteiger partial charge in [-0.15, -0.1) is 5.10 Å². The Balaban J connectivity index is 2.05. The Labute approximate surface area is 183 Å². The van der Waals surface area contributed by atoms with E-state index >= 15 is 0 Å². The molecule has 0 saturated carbocycles. The van der Waals surface area contributed by atoms with E-state index in [9.17, 15) is 31.5 Å². The number of rotatable bonds is 6. The molecular formula is C19H18F5N5O4. The summed E-state index contributed by atoms with van der Waals surface area (Å²) in [6.45, 7) is -0.909. The highest BCUT2D eigenvalue weighted by Crippen LogP contribution is 2.47. The molecule has 1 aliphatic heterocycles. The number of carbonyl (C=O) groups excluding carboxylic acids is 2. The van der Waals surface area contributed by atoms with Gasteiger partial charge < -0.3 is 25.4 Å². The van der Waals surface area contributed by atoms with Crippen molar-refractivity contribution in [1.82, 2.24) is 10.2 Å². The fourth-order valence-electron chi connectivity index (χ4n) is 3.55. The van der Waals surface area contributed by atoms with E-state index in [4.69, 9.17) is 15.2 Å². The van der Waals surface area contributed by atoms with E-state index in [0.29, 0.717) is 6.07 Å². The third-order valence-electron chi connectivity index (χ3n) is 5.25. The molecular weight excluding hydrogens is 457 g/mol. The molecule has 2 atom stereocenters. The summed E-state index contributed by atoms with van der Waals surface area (Å²) in [5.41, 5.74) is 1.67. The van der Waals surface area contributed by atoms with Crippen LogP contribution in [-0.4, -0.2) is 60.6 Å². The van der Waals surface area contributed by atoms with Crippen molar-refractivity contribution in [2.45, 2.75) is 24.2 Å². The van der Waals surface area contributed by atoms with Crippen molar-refractivity contribution in [3.63, 3.8) is 0 Å². The van der Waals surface area contributed by atoms with Crippen LogP contribution in [0.4, 0.5) is 33.3 Å². The number of nitrogens with two attached hydrogens (primary N) is 1. The molecule has 0 aliphatic carbocycles. The van der Waals surface area contributed by atoms with Gasteiger partial charge >= 0.3 is 6.18 Å². The number of benzene rings is 1. The second-order valence-corrected chi connectivity index (χ2v) is 7.14. The van der Waals surface area contributed by atoms with Crippen LogP contribution < -0.4 is 20.7 Å². The zero-order valence-electron chi connectivity index (χ0n) is 17.2. The van der Waals surface area contributed by atoms with Gasteiger partial charge in [0.1, 0.15) is 6.04 Å². The van der Waals surface area contributed by atoms with Crippen LogP contribution in [0.2, 0.25) is 0 Å². The highest BCUT2D eigenvalue weighted by atomic mass is 19.4. The number of halogens is 5. The molecule has 0 unspecified atom stereocenters. The smallest absolute Gasteiger partial charge is 0.419 e. The van der Waals surface area contributed by atoms with Crippen molar-refractivity contribution in [1.29, 1.82) is 0 Å². The lowest BCUT2D eigenvalue weighted by atomic mass is 9.99. The van der Waals surface area contributed by atoms with Crippen LogP contribution in [0.1, 0.15) is 16.9 Å². The molecule has 2 amide bonds. The number of ether oxygens (including phenoxy) is 2. The number of hydrogen-bond donors (Lipinski definition) is 2. The molecule has 1 fully saturated rings. The molecule has 0 spiro atoms. The Morgan fingerprint density at radius 2 is 1.97 bits per heavy atom. The van der Waals surface area contributed by atoms with E-state index in [0.717, 1.165) is 37.4 Å². The minimum absolute atomic E-state index is 0.0667. The molecule has 1 aliphatic rings. The molecule has 1 saturated heterocycles. The summed E-state index contributed by atoms with van der Waals surface area (Å²) >= 11 is 0. The van der Waals surface area contributed by atoms with Crippen molar-refractivity contribution in [2.75, 3.05) is 31.0 Å². The highest BCUT2D eigenvalue weighted by Gasteiger charge is 2.63. The summed E-state index contributed by atoms with van der Waals surface area (Å²) in [7, 11) is 1.84. The van der Waals surface area contributed by atoms with Crippen LogP contribution in [0.25, 0.3) is 0 Å². The van der Waals surface area contributed by atoms with Gasteiger partial charge in [-0.2, -0.15) is 22.7 Å². The van der Waals surface area contributed by atoms with E-state index in [1.165, 1.54) is 0 Å². The third-order valence-corrected chi connectivity index (χ3v) is 5.25. The summed E-state index contributed by atoms with van der Waals surface area (Å²) in [5, 5.41) is 9.30. The first kappa shape index (κ1) is 24.1. The predicted molar refractivity (Wildman–Crippen MR) is 104 cm³/mol. The minimum Gasteiger partial charge on any atom is -0.491 e. The summed E-state index contributed by atoms with van der Waals surface area (Å²) in [6.07, 6.45) is -4.73. The number of alkyl halides is 3. The van der Waals surface area contributed by atoms with Gasteiger partial charge in [-0.05, 0) is 18.2 Å². The van der Waals surface area contributed by atoms with E-state index in [2.05, 4.69) is 15.5 Å². The lowest BCUT2D eigenvalue weighted by Gasteiger charge is -2.31. The van der Waals surface area contributed by atoms with Crippen molar-refractivity contribution in [2.24, 2.45) is 5.73 Å². The molecule has 2 heterocycles. The first-order chi connectivity index (χ1) is 15.4. The monoisotopic (exact) mass is 475 g/mol. The van der Waals surface area contributed by atoms with Crippen LogP contribution in [0, 0.1) is 11.6 Å². The number of nitrogens with one attached hydrogen (secondary N) is 1. The fourth-order valence-corrected chi connectivity index (χ4v) is 3.55.